The Labute approximate surface area is 173 Å². The molecule has 10 heteroatoms. The number of morpholine rings is 1. The molecule has 0 spiro atoms. The van der Waals surface area contributed by atoms with Gasteiger partial charge in [0.15, 0.2) is 0 Å². The number of amides is 1. The predicted octanol–water partition coefficient (Wildman–Crippen LogP) is 3.87. The molecule has 1 aromatic heterocycles. The van der Waals surface area contributed by atoms with Crippen molar-refractivity contribution in [3.8, 4) is 0 Å². The van der Waals surface area contributed by atoms with Crippen molar-refractivity contribution in [2.45, 2.75) is 6.18 Å². The van der Waals surface area contributed by atoms with E-state index < -0.39 is 23.2 Å². The summed E-state index contributed by atoms with van der Waals surface area (Å²) in [7, 11) is 0. The number of hydrogen-bond acceptors (Lipinski definition) is 4. The first-order chi connectivity index (χ1) is 14.3. The Morgan fingerprint density at radius 2 is 1.80 bits per heavy atom. The molecule has 1 fully saturated rings. The number of rotatable bonds is 2. The molecule has 2 aromatic carbocycles. The molecule has 0 aliphatic carbocycles. The Morgan fingerprint density at radius 3 is 2.50 bits per heavy atom. The Morgan fingerprint density at radius 1 is 1.07 bits per heavy atom. The fraction of sp³-hybridized carbons (Fsp3) is 0.250. The van der Waals surface area contributed by atoms with Crippen molar-refractivity contribution in [1.29, 1.82) is 0 Å². The second-order valence-electron chi connectivity index (χ2n) is 6.70. The third-order valence-corrected chi connectivity index (χ3v) is 5.16. The fourth-order valence-corrected chi connectivity index (χ4v) is 3.60. The van der Waals surface area contributed by atoms with Crippen molar-refractivity contribution in [3.63, 3.8) is 0 Å². The number of ether oxygens (including phenoxy) is 1. The van der Waals surface area contributed by atoms with Crippen LogP contribution >= 0.6 is 11.6 Å². The van der Waals surface area contributed by atoms with Crippen LogP contribution in [0.25, 0.3) is 10.9 Å². The number of alkyl halides is 3. The van der Waals surface area contributed by atoms with Gasteiger partial charge in [-0.3, -0.25) is 9.59 Å². The molecule has 156 valence electrons. The molecule has 0 radical (unpaired) electrons. The van der Waals surface area contributed by atoms with Gasteiger partial charge in [-0.25, -0.2) is 0 Å². The average molecular weight is 438 g/mol. The van der Waals surface area contributed by atoms with Crippen LogP contribution < -0.4 is 0 Å². The molecule has 2 heterocycles. The average Bonchev–Trinajstić information content (AvgIpc) is 3.16. The van der Waals surface area contributed by atoms with Crippen LogP contribution in [0.4, 0.5) is 13.2 Å². The third kappa shape index (κ3) is 3.66. The summed E-state index contributed by atoms with van der Waals surface area (Å²) in [5, 5.41) is 4.11. The van der Waals surface area contributed by atoms with Gasteiger partial charge >= 0.3 is 6.18 Å². The van der Waals surface area contributed by atoms with Crippen molar-refractivity contribution in [2.24, 2.45) is 0 Å². The third-order valence-electron chi connectivity index (χ3n) is 4.84. The zero-order chi connectivity index (χ0) is 21.5. The van der Waals surface area contributed by atoms with E-state index in [0.29, 0.717) is 37.3 Å². The molecule has 1 saturated heterocycles. The lowest BCUT2D eigenvalue weighted by Gasteiger charge is -2.26. The minimum absolute atomic E-state index is 0.215. The highest BCUT2D eigenvalue weighted by Gasteiger charge is 2.37. The lowest BCUT2D eigenvalue weighted by atomic mass is 10.1. The summed E-state index contributed by atoms with van der Waals surface area (Å²) < 4.78 is 46.3. The summed E-state index contributed by atoms with van der Waals surface area (Å²) >= 11 is 5.95. The number of hydrogen-bond donors (Lipinski definition) is 0. The van der Waals surface area contributed by atoms with E-state index in [2.05, 4.69) is 5.10 Å². The van der Waals surface area contributed by atoms with Crippen LogP contribution in [0, 0.1) is 0 Å². The maximum absolute atomic E-state index is 13.4. The van der Waals surface area contributed by atoms with Crippen molar-refractivity contribution >= 4 is 34.3 Å². The highest BCUT2D eigenvalue weighted by molar-refractivity contribution is 6.34. The number of aromatic nitrogens is 2. The molecule has 0 unspecified atom stereocenters. The number of carbonyl (C=O) groups excluding carboxylic acids is 2. The first-order valence-corrected chi connectivity index (χ1v) is 9.40. The van der Waals surface area contributed by atoms with Gasteiger partial charge < -0.3 is 9.64 Å². The van der Waals surface area contributed by atoms with E-state index >= 15 is 0 Å². The second-order valence-corrected chi connectivity index (χ2v) is 7.11. The molecule has 0 N–H and O–H groups in total. The summed E-state index contributed by atoms with van der Waals surface area (Å²) in [6, 6.07) is 7.76. The predicted molar refractivity (Wildman–Crippen MR) is 103 cm³/mol. The van der Waals surface area contributed by atoms with Gasteiger partial charge in [-0.05, 0) is 24.3 Å². The van der Waals surface area contributed by atoms with E-state index in [9.17, 15) is 22.8 Å². The maximum atomic E-state index is 13.4. The lowest BCUT2D eigenvalue weighted by Crippen LogP contribution is -2.40. The second kappa shape index (κ2) is 7.73. The van der Waals surface area contributed by atoms with Crippen molar-refractivity contribution in [3.05, 3.63) is 64.3 Å². The van der Waals surface area contributed by atoms with E-state index in [-0.39, 0.29) is 16.4 Å². The topological polar surface area (TPSA) is 64.4 Å². The Kier molecular flexibility index (Phi) is 5.25. The molecule has 0 atom stereocenters. The smallest absolute Gasteiger partial charge is 0.378 e. The van der Waals surface area contributed by atoms with Crippen LogP contribution in [0.1, 0.15) is 26.3 Å². The number of benzene rings is 2. The molecule has 30 heavy (non-hydrogen) atoms. The van der Waals surface area contributed by atoms with Crippen LogP contribution in [-0.2, 0) is 10.9 Å². The van der Waals surface area contributed by atoms with Crippen molar-refractivity contribution in [1.82, 2.24) is 14.7 Å². The van der Waals surface area contributed by atoms with Crippen LogP contribution in [0.2, 0.25) is 5.02 Å². The molecule has 0 bridgehead atoms. The largest absolute Gasteiger partial charge is 0.417 e. The summed E-state index contributed by atoms with van der Waals surface area (Å²) in [6.07, 6.45) is -3.42. The lowest BCUT2D eigenvalue weighted by molar-refractivity contribution is -0.137. The number of halogens is 4. The van der Waals surface area contributed by atoms with Gasteiger partial charge in [0.2, 0.25) is 0 Å². The first-order valence-electron chi connectivity index (χ1n) is 9.02. The molecule has 0 saturated carbocycles. The highest BCUT2D eigenvalue weighted by Crippen LogP contribution is 2.35. The van der Waals surface area contributed by atoms with Crippen molar-refractivity contribution in [2.75, 3.05) is 26.3 Å². The standard InChI is InChI=1S/C20H15ClF3N3O3/c21-15-3-1-2-14(20(22,23)24)17(15)19(29)27-16-10-12(4-5-13(16)11-25-27)18(28)26-6-8-30-9-7-26/h1-5,10-11H,6-9H2. The molecular formula is C20H15ClF3N3O3. The summed E-state index contributed by atoms with van der Waals surface area (Å²) in [6.45, 7) is 1.72. The van der Waals surface area contributed by atoms with Gasteiger partial charge in [0.1, 0.15) is 0 Å². The summed E-state index contributed by atoms with van der Waals surface area (Å²) in [5.41, 5.74) is -1.33. The van der Waals surface area contributed by atoms with Crippen molar-refractivity contribution < 1.29 is 27.5 Å². The molecule has 1 amide bonds. The van der Waals surface area contributed by atoms with E-state index in [1.807, 2.05) is 0 Å². The van der Waals surface area contributed by atoms with Gasteiger partial charge in [-0.2, -0.15) is 23.0 Å². The molecule has 6 nitrogen and oxygen atoms in total. The number of carbonyl (C=O) groups is 2. The number of nitrogens with zero attached hydrogens (tertiary/aromatic N) is 3. The van der Waals surface area contributed by atoms with E-state index in [1.54, 1.807) is 17.0 Å². The van der Waals surface area contributed by atoms with Gasteiger partial charge in [-0.1, -0.05) is 23.7 Å². The SMILES string of the molecule is O=C(c1ccc2cnn(C(=O)c3c(Cl)cccc3C(F)(F)F)c2c1)N1CCOCC1. The Hall–Kier alpha value is -2.91. The van der Waals surface area contributed by atoms with Gasteiger partial charge in [0, 0.05) is 24.0 Å². The van der Waals surface area contributed by atoms with Crippen LogP contribution in [0.15, 0.2) is 42.6 Å². The normalized spacial score (nSPS) is 14.9. The van der Waals surface area contributed by atoms with Gasteiger partial charge in [-0.15, -0.1) is 0 Å². The minimum Gasteiger partial charge on any atom is -0.378 e. The quantitative estimate of drug-likeness (QED) is 0.610. The molecule has 4 rings (SSSR count). The minimum atomic E-state index is -4.77. The van der Waals surface area contributed by atoms with Gasteiger partial charge in [0.25, 0.3) is 11.8 Å². The Bertz CT molecular complexity index is 1140. The van der Waals surface area contributed by atoms with E-state index in [4.69, 9.17) is 16.3 Å². The fourth-order valence-electron chi connectivity index (χ4n) is 3.35. The maximum Gasteiger partial charge on any atom is 0.417 e. The molecule has 1 aliphatic heterocycles. The summed E-state index contributed by atoms with van der Waals surface area (Å²) in [5.74, 6) is -1.28. The van der Waals surface area contributed by atoms with Crippen LogP contribution in [-0.4, -0.2) is 52.8 Å². The van der Waals surface area contributed by atoms with E-state index in [0.717, 1.165) is 16.8 Å². The highest BCUT2D eigenvalue weighted by atomic mass is 35.5. The molecule has 1 aliphatic rings. The van der Waals surface area contributed by atoms with Crippen LogP contribution in [0.5, 0.6) is 0 Å². The zero-order valence-electron chi connectivity index (χ0n) is 15.4. The van der Waals surface area contributed by atoms with Crippen LogP contribution in [0.3, 0.4) is 0 Å². The molecular weight excluding hydrogens is 423 g/mol. The first kappa shape index (κ1) is 20.4. The number of fused-ring (bicyclic) bond motifs is 1. The summed E-state index contributed by atoms with van der Waals surface area (Å²) in [4.78, 5) is 27.4. The monoisotopic (exact) mass is 437 g/mol. The zero-order valence-corrected chi connectivity index (χ0v) is 16.2. The molecule has 3 aromatic rings. The van der Waals surface area contributed by atoms with Gasteiger partial charge in [0.05, 0.1) is 41.1 Å². The Balaban J connectivity index is 1.77. The van der Waals surface area contributed by atoms with E-state index in [1.165, 1.54) is 18.3 Å².